The van der Waals surface area contributed by atoms with E-state index in [-0.39, 0.29) is 17.9 Å². The van der Waals surface area contributed by atoms with Crippen LogP contribution in [0.3, 0.4) is 0 Å². The molecule has 2 heterocycles. The Labute approximate surface area is 116 Å². The van der Waals surface area contributed by atoms with Crippen LogP contribution in [0.2, 0.25) is 0 Å². The second-order valence-electron chi connectivity index (χ2n) is 4.41. The van der Waals surface area contributed by atoms with Crippen molar-refractivity contribution in [2.24, 2.45) is 0 Å². The van der Waals surface area contributed by atoms with Crippen LogP contribution in [-0.2, 0) is 9.59 Å². The molecule has 0 aliphatic carbocycles. The van der Waals surface area contributed by atoms with E-state index in [1.54, 1.807) is 55.2 Å². The summed E-state index contributed by atoms with van der Waals surface area (Å²) in [5.74, 6) is 1.62. The second kappa shape index (κ2) is 5.97. The van der Waals surface area contributed by atoms with Gasteiger partial charge >= 0.3 is 0 Å². The quantitative estimate of drug-likeness (QED) is 0.783. The first-order chi connectivity index (χ1) is 9.09. The van der Waals surface area contributed by atoms with Crippen molar-refractivity contribution in [1.82, 2.24) is 9.80 Å². The zero-order valence-corrected chi connectivity index (χ0v) is 11.7. The number of furan rings is 1. The summed E-state index contributed by atoms with van der Waals surface area (Å²) in [6, 6.07) is 3.16. The van der Waals surface area contributed by atoms with E-state index in [1.165, 1.54) is 11.0 Å². The van der Waals surface area contributed by atoms with Gasteiger partial charge in [0, 0.05) is 25.9 Å². The Bertz CT molecular complexity index is 482. The van der Waals surface area contributed by atoms with Gasteiger partial charge in [0.1, 0.15) is 11.8 Å². The molecule has 0 spiro atoms. The van der Waals surface area contributed by atoms with Gasteiger partial charge in [-0.1, -0.05) is 0 Å². The smallest absolute Gasteiger partial charge is 0.248 e. The van der Waals surface area contributed by atoms with Crippen molar-refractivity contribution < 1.29 is 14.0 Å². The fraction of sp³-hybridized carbons (Fsp3) is 0.385. The molecule has 1 aromatic heterocycles. The van der Waals surface area contributed by atoms with Crippen LogP contribution in [0, 0.1) is 0 Å². The van der Waals surface area contributed by atoms with E-state index in [0.717, 1.165) is 0 Å². The summed E-state index contributed by atoms with van der Waals surface area (Å²) in [5.41, 5.74) is 0. The first kappa shape index (κ1) is 13.7. The summed E-state index contributed by atoms with van der Waals surface area (Å²) in [6.07, 6.45) is 4.61. The number of nitrogens with zero attached hydrogens (tertiary/aromatic N) is 2. The molecule has 0 saturated carbocycles. The fourth-order valence-electron chi connectivity index (χ4n) is 1.80. The van der Waals surface area contributed by atoms with Gasteiger partial charge in [0.15, 0.2) is 0 Å². The number of rotatable bonds is 3. The van der Waals surface area contributed by atoms with E-state index in [4.69, 9.17) is 4.42 Å². The minimum atomic E-state index is -0.367. The zero-order chi connectivity index (χ0) is 13.8. The van der Waals surface area contributed by atoms with Gasteiger partial charge in [0.25, 0.3) is 0 Å². The molecule has 6 heteroatoms. The number of likely N-dealkylation sites (N-methyl/N-ethyl adjacent to an activating group) is 1. The Kier molecular flexibility index (Phi) is 4.31. The molecule has 0 bridgehead atoms. The highest BCUT2D eigenvalue weighted by atomic mass is 32.2. The number of thioether (sulfide) groups is 1. The molecule has 1 aromatic rings. The monoisotopic (exact) mass is 280 g/mol. The molecule has 0 aromatic carbocycles. The molecule has 1 fully saturated rings. The van der Waals surface area contributed by atoms with Crippen LogP contribution in [0.25, 0.3) is 6.08 Å². The van der Waals surface area contributed by atoms with Crippen molar-refractivity contribution >= 4 is 29.7 Å². The average Bonchev–Trinajstić information content (AvgIpc) is 3.05. The molecule has 102 valence electrons. The predicted molar refractivity (Wildman–Crippen MR) is 74.4 cm³/mol. The number of amides is 2. The van der Waals surface area contributed by atoms with Crippen LogP contribution in [-0.4, -0.2) is 53.4 Å². The van der Waals surface area contributed by atoms with E-state index in [0.29, 0.717) is 17.4 Å². The minimum absolute atomic E-state index is 0.0373. The minimum Gasteiger partial charge on any atom is -0.465 e. The van der Waals surface area contributed by atoms with Gasteiger partial charge in [0.2, 0.25) is 11.8 Å². The summed E-state index contributed by atoms with van der Waals surface area (Å²) >= 11 is 1.59. The Balaban J connectivity index is 2.04. The maximum Gasteiger partial charge on any atom is 0.248 e. The highest BCUT2D eigenvalue weighted by Crippen LogP contribution is 2.22. The first-order valence-corrected chi connectivity index (χ1v) is 7.06. The van der Waals surface area contributed by atoms with Gasteiger partial charge in [-0.2, -0.15) is 0 Å². The molecule has 1 aliphatic heterocycles. The van der Waals surface area contributed by atoms with Crippen LogP contribution in [0.4, 0.5) is 0 Å². The van der Waals surface area contributed by atoms with E-state index in [2.05, 4.69) is 0 Å². The van der Waals surface area contributed by atoms with Gasteiger partial charge in [-0.25, -0.2) is 0 Å². The summed E-state index contributed by atoms with van der Waals surface area (Å²) in [5, 5.41) is 0. The third-order valence-corrected chi connectivity index (χ3v) is 3.84. The van der Waals surface area contributed by atoms with Crippen LogP contribution >= 0.6 is 11.8 Å². The van der Waals surface area contributed by atoms with Crippen LogP contribution in [0.15, 0.2) is 28.9 Å². The fourth-order valence-corrected chi connectivity index (χ4v) is 2.95. The van der Waals surface area contributed by atoms with Gasteiger partial charge in [0.05, 0.1) is 12.1 Å². The molecule has 19 heavy (non-hydrogen) atoms. The first-order valence-electron chi connectivity index (χ1n) is 5.90. The van der Waals surface area contributed by atoms with E-state index in [1.807, 2.05) is 0 Å². The lowest BCUT2D eigenvalue weighted by Gasteiger charge is -2.24. The number of carbonyl (C=O) groups is 2. The molecule has 2 rings (SSSR count). The lowest BCUT2D eigenvalue weighted by molar-refractivity contribution is -0.139. The predicted octanol–water partition coefficient (Wildman–Crippen LogP) is 1.28. The molecule has 0 N–H and O–H groups in total. The Hall–Kier alpha value is -1.69. The van der Waals surface area contributed by atoms with Crippen LogP contribution < -0.4 is 0 Å². The molecule has 1 unspecified atom stereocenters. The number of hydrogen-bond acceptors (Lipinski definition) is 4. The maximum atomic E-state index is 12.1. The average molecular weight is 280 g/mol. The normalized spacial score (nSPS) is 19.1. The van der Waals surface area contributed by atoms with E-state index >= 15 is 0 Å². The van der Waals surface area contributed by atoms with Crippen LogP contribution in [0.5, 0.6) is 0 Å². The van der Waals surface area contributed by atoms with Gasteiger partial charge in [-0.05, 0) is 18.2 Å². The van der Waals surface area contributed by atoms with Gasteiger partial charge in [-0.3, -0.25) is 9.59 Å². The largest absolute Gasteiger partial charge is 0.465 e. The Morgan fingerprint density at radius 2 is 2.32 bits per heavy atom. The Morgan fingerprint density at radius 1 is 1.53 bits per heavy atom. The molecular formula is C13H16N2O3S. The van der Waals surface area contributed by atoms with Crippen molar-refractivity contribution in [3.8, 4) is 0 Å². The molecule has 1 saturated heterocycles. The molecule has 2 amide bonds. The lowest BCUT2D eigenvalue weighted by Crippen LogP contribution is -2.46. The van der Waals surface area contributed by atoms with E-state index in [9.17, 15) is 9.59 Å². The third-order valence-electron chi connectivity index (χ3n) is 2.82. The van der Waals surface area contributed by atoms with Crippen molar-refractivity contribution in [3.63, 3.8) is 0 Å². The number of hydrogen-bond donors (Lipinski definition) is 0. The SMILES string of the molecule is CN(C)C(=O)C1CSCN1C(=O)/C=C/c1ccco1. The molecule has 0 radical (unpaired) electrons. The zero-order valence-electron chi connectivity index (χ0n) is 10.9. The molecule has 1 atom stereocenters. The second-order valence-corrected chi connectivity index (χ2v) is 5.40. The highest BCUT2D eigenvalue weighted by molar-refractivity contribution is 7.99. The van der Waals surface area contributed by atoms with Gasteiger partial charge in [-0.15, -0.1) is 11.8 Å². The highest BCUT2D eigenvalue weighted by Gasteiger charge is 2.34. The van der Waals surface area contributed by atoms with Crippen molar-refractivity contribution in [2.45, 2.75) is 6.04 Å². The summed E-state index contributed by atoms with van der Waals surface area (Å²) in [6.45, 7) is 0. The van der Waals surface area contributed by atoms with Crippen molar-refractivity contribution in [2.75, 3.05) is 25.7 Å². The van der Waals surface area contributed by atoms with E-state index < -0.39 is 0 Å². The maximum absolute atomic E-state index is 12.1. The Morgan fingerprint density at radius 3 is 2.95 bits per heavy atom. The van der Waals surface area contributed by atoms with Crippen molar-refractivity contribution in [3.05, 3.63) is 30.2 Å². The number of carbonyl (C=O) groups excluding carboxylic acids is 2. The standard InChI is InChI=1S/C13H16N2O3S/c1-14(2)13(17)11-8-19-9-15(11)12(16)6-5-10-4-3-7-18-10/h3-7,11H,8-9H2,1-2H3/b6-5+. The summed E-state index contributed by atoms with van der Waals surface area (Å²) in [4.78, 5) is 27.2. The topological polar surface area (TPSA) is 53.8 Å². The van der Waals surface area contributed by atoms with Crippen molar-refractivity contribution in [1.29, 1.82) is 0 Å². The summed E-state index contributed by atoms with van der Waals surface area (Å²) in [7, 11) is 3.40. The van der Waals surface area contributed by atoms with Crippen LogP contribution in [0.1, 0.15) is 5.76 Å². The van der Waals surface area contributed by atoms with Gasteiger partial charge < -0.3 is 14.2 Å². The summed E-state index contributed by atoms with van der Waals surface area (Å²) < 4.78 is 5.12. The molecule has 5 nitrogen and oxygen atoms in total. The lowest BCUT2D eigenvalue weighted by atomic mass is 10.2. The molecular weight excluding hydrogens is 264 g/mol. The third kappa shape index (κ3) is 3.20. The molecule has 1 aliphatic rings.